The average Bonchev–Trinajstić information content (AvgIpc) is 3.43. The molecule has 1 saturated heterocycles. The van der Waals surface area contributed by atoms with Gasteiger partial charge in [-0.1, -0.05) is 17.4 Å². The number of likely N-dealkylation sites (tertiary alicyclic amines) is 1. The molecule has 0 unspecified atom stereocenters. The minimum Gasteiger partial charge on any atom is -0.316 e. The van der Waals surface area contributed by atoms with E-state index in [0.29, 0.717) is 0 Å². The largest absolute Gasteiger partial charge is 0.316 e. The Morgan fingerprint density at radius 2 is 2.04 bits per heavy atom. The van der Waals surface area contributed by atoms with E-state index in [1.807, 2.05) is 18.6 Å². The standard InChI is InChI=1S/C20H20N6S/c1-2-8-26(7-1)13-14-5-6-21-19(9-14)25-20-24-17-4-3-15(10-18(17)27-20)16-11-22-23-12-16/h3-6,9-12H,1-2,7-8,13H2,(H,22,23)(H,21,24,25). The van der Waals surface area contributed by atoms with Crippen molar-refractivity contribution in [2.24, 2.45) is 0 Å². The van der Waals surface area contributed by atoms with Gasteiger partial charge in [0.25, 0.3) is 0 Å². The Kier molecular flexibility index (Phi) is 4.31. The third-order valence-corrected chi connectivity index (χ3v) is 5.82. The predicted molar refractivity (Wildman–Crippen MR) is 109 cm³/mol. The molecule has 2 N–H and O–H groups in total. The highest BCUT2D eigenvalue weighted by Crippen LogP contribution is 2.31. The number of hydrogen-bond donors (Lipinski definition) is 2. The molecule has 4 heterocycles. The predicted octanol–water partition coefficient (Wildman–Crippen LogP) is 4.42. The first kappa shape index (κ1) is 16.4. The molecule has 5 rings (SSSR count). The maximum absolute atomic E-state index is 4.70. The van der Waals surface area contributed by atoms with Crippen molar-refractivity contribution in [3.63, 3.8) is 0 Å². The first-order valence-electron chi connectivity index (χ1n) is 9.17. The van der Waals surface area contributed by atoms with Gasteiger partial charge in [-0.15, -0.1) is 0 Å². The summed E-state index contributed by atoms with van der Waals surface area (Å²) >= 11 is 1.64. The number of nitrogens with zero attached hydrogens (tertiary/aromatic N) is 4. The van der Waals surface area contributed by atoms with E-state index in [-0.39, 0.29) is 0 Å². The molecule has 0 aliphatic carbocycles. The number of hydrogen-bond acceptors (Lipinski definition) is 6. The topological polar surface area (TPSA) is 69.7 Å². The fourth-order valence-corrected chi connectivity index (χ4v) is 4.43. The molecule has 0 amide bonds. The molecule has 0 bridgehead atoms. The molecule has 0 spiro atoms. The van der Waals surface area contributed by atoms with Crippen molar-refractivity contribution in [3.8, 4) is 11.1 Å². The summed E-state index contributed by atoms with van der Waals surface area (Å²) in [6.45, 7) is 3.38. The summed E-state index contributed by atoms with van der Waals surface area (Å²) in [6.07, 6.45) is 8.22. The van der Waals surface area contributed by atoms with Crippen LogP contribution in [0.15, 0.2) is 48.9 Å². The van der Waals surface area contributed by atoms with Gasteiger partial charge >= 0.3 is 0 Å². The van der Waals surface area contributed by atoms with E-state index in [4.69, 9.17) is 4.98 Å². The number of anilines is 2. The van der Waals surface area contributed by atoms with Gasteiger partial charge in [0, 0.05) is 24.5 Å². The molecule has 4 aromatic rings. The molecular weight excluding hydrogens is 356 g/mol. The first-order valence-corrected chi connectivity index (χ1v) is 9.99. The first-order chi connectivity index (χ1) is 13.3. The number of thiazole rings is 1. The van der Waals surface area contributed by atoms with Crippen LogP contribution in [0.25, 0.3) is 21.3 Å². The molecule has 1 aliphatic rings. The van der Waals surface area contributed by atoms with Crippen LogP contribution in [0.5, 0.6) is 0 Å². The third kappa shape index (κ3) is 3.56. The average molecular weight is 376 g/mol. The molecule has 1 fully saturated rings. The van der Waals surface area contributed by atoms with Gasteiger partial charge in [-0.25, -0.2) is 9.97 Å². The summed E-state index contributed by atoms with van der Waals surface area (Å²) in [7, 11) is 0. The fraction of sp³-hybridized carbons (Fsp3) is 0.250. The highest BCUT2D eigenvalue weighted by atomic mass is 32.1. The number of nitrogens with one attached hydrogen (secondary N) is 2. The van der Waals surface area contributed by atoms with Crippen molar-refractivity contribution < 1.29 is 0 Å². The Hall–Kier alpha value is -2.77. The molecule has 6 nitrogen and oxygen atoms in total. The summed E-state index contributed by atoms with van der Waals surface area (Å²) in [5.74, 6) is 0.848. The second-order valence-electron chi connectivity index (χ2n) is 6.85. The maximum Gasteiger partial charge on any atom is 0.189 e. The van der Waals surface area contributed by atoms with Crippen molar-refractivity contribution >= 4 is 32.5 Å². The zero-order valence-electron chi connectivity index (χ0n) is 14.9. The second-order valence-corrected chi connectivity index (χ2v) is 7.88. The zero-order valence-corrected chi connectivity index (χ0v) is 15.7. The van der Waals surface area contributed by atoms with Crippen molar-refractivity contribution in [1.82, 2.24) is 25.1 Å². The second kappa shape index (κ2) is 7.09. The lowest BCUT2D eigenvalue weighted by atomic mass is 10.1. The number of aromatic amines is 1. The van der Waals surface area contributed by atoms with E-state index in [2.05, 4.69) is 55.7 Å². The minimum absolute atomic E-state index is 0.848. The fourth-order valence-electron chi connectivity index (χ4n) is 3.52. The van der Waals surface area contributed by atoms with Crippen LogP contribution in [0, 0.1) is 0 Å². The molecular formula is C20H20N6S. The lowest BCUT2D eigenvalue weighted by molar-refractivity contribution is 0.331. The summed E-state index contributed by atoms with van der Waals surface area (Å²) < 4.78 is 1.14. The Morgan fingerprint density at radius 3 is 2.89 bits per heavy atom. The smallest absolute Gasteiger partial charge is 0.189 e. The van der Waals surface area contributed by atoms with Gasteiger partial charge in [-0.3, -0.25) is 10.00 Å². The normalized spacial score (nSPS) is 14.8. The number of H-pyrrole nitrogens is 1. The maximum atomic E-state index is 4.70. The quantitative estimate of drug-likeness (QED) is 0.539. The molecule has 0 radical (unpaired) electrons. The van der Waals surface area contributed by atoms with E-state index in [9.17, 15) is 0 Å². The number of rotatable bonds is 5. The van der Waals surface area contributed by atoms with Crippen LogP contribution in [0.2, 0.25) is 0 Å². The SMILES string of the molecule is c1cc(CN2CCCC2)cc(Nc2nc3ccc(-c4cn[nH]c4)cc3s2)n1. The van der Waals surface area contributed by atoms with E-state index < -0.39 is 0 Å². The minimum atomic E-state index is 0.848. The summed E-state index contributed by atoms with van der Waals surface area (Å²) in [6, 6.07) is 10.5. The Morgan fingerprint density at radius 1 is 1.11 bits per heavy atom. The van der Waals surface area contributed by atoms with E-state index >= 15 is 0 Å². The zero-order chi connectivity index (χ0) is 18.1. The number of benzene rings is 1. The van der Waals surface area contributed by atoms with Crippen LogP contribution < -0.4 is 5.32 Å². The molecule has 7 heteroatoms. The summed E-state index contributed by atoms with van der Waals surface area (Å²) in [4.78, 5) is 11.7. The van der Waals surface area contributed by atoms with E-state index in [1.54, 1.807) is 11.3 Å². The van der Waals surface area contributed by atoms with Crippen LogP contribution >= 0.6 is 11.3 Å². The van der Waals surface area contributed by atoms with Crippen LogP contribution in [-0.4, -0.2) is 38.2 Å². The van der Waals surface area contributed by atoms with Gasteiger partial charge in [-0.2, -0.15) is 5.10 Å². The Balaban J connectivity index is 1.36. The van der Waals surface area contributed by atoms with Gasteiger partial charge in [0.2, 0.25) is 0 Å². The van der Waals surface area contributed by atoms with Gasteiger partial charge in [0.15, 0.2) is 5.13 Å². The van der Waals surface area contributed by atoms with Gasteiger partial charge in [-0.05, 0) is 61.3 Å². The molecule has 1 aromatic carbocycles. The monoisotopic (exact) mass is 376 g/mol. The Bertz CT molecular complexity index is 1050. The van der Waals surface area contributed by atoms with Crippen molar-refractivity contribution in [3.05, 3.63) is 54.5 Å². The summed E-state index contributed by atoms with van der Waals surface area (Å²) in [5.41, 5.74) is 4.49. The van der Waals surface area contributed by atoms with Crippen molar-refractivity contribution in [1.29, 1.82) is 0 Å². The third-order valence-electron chi connectivity index (χ3n) is 4.88. The molecule has 1 aliphatic heterocycles. The number of aromatic nitrogens is 4. The van der Waals surface area contributed by atoms with E-state index in [1.165, 1.54) is 31.5 Å². The van der Waals surface area contributed by atoms with Crippen LogP contribution in [-0.2, 0) is 6.54 Å². The van der Waals surface area contributed by atoms with Crippen LogP contribution in [0.4, 0.5) is 10.9 Å². The van der Waals surface area contributed by atoms with Gasteiger partial charge in [0.1, 0.15) is 5.82 Å². The summed E-state index contributed by atoms with van der Waals surface area (Å²) in [5, 5.41) is 11.1. The van der Waals surface area contributed by atoms with E-state index in [0.717, 1.165) is 38.8 Å². The number of pyridine rings is 1. The molecule has 3 aromatic heterocycles. The lowest BCUT2D eigenvalue weighted by Gasteiger charge is -2.14. The van der Waals surface area contributed by atoms with Crippen molar-refractivity contribution in [2.75, 3.05) is 18.4 Å². The molecule has 0 saturated carbocycles. The van der Waals surface area contributed by atoms with Crippen LogP contribution in [0.3, 0.4) is 0 Å². The van der Waals surface area contributed by atoms with Crippen molar-refractivity contribution in [2.45, 2.75) is 19.4 Å². The highest BCUT2D eigenvalue weighted by Gasteiger charge is 2.12. The lowest BCUT2D eigenvalue weighted by Crippen LogP contribution is -2.18. The molecule has 27 heavy (non-hydrogen) atoms. The number of fused-ring (bicyclic) bond motifs is 1. The Labute approximate surface area is 161 Å². The van der Waals surface area contributed by atoms with Crippen LogP contribution in [0.1, 0.15) is 18.4 Å². The highest BCUT2D eigenvalue weighted by molar-refractivity contribution is 7.22. The molecule has 136 valence electrons. The molecule has 0 atom stereocenters. The van der Waals surface area contributed by atoms with Gasteiger partial charge < -0.3 is 5.32 Å². The van der Waals surface area contributed by atoms with Gasteiger partial charge in [0.05, 0.1) is 16.4 Å².